The number of anilines is 1. The van der Waals surface area contributed by atoms with Crippen molar-refractivity contribution >= 4 is 23.0 Å². The van der Waals surface area contributed by atoms with Crippen LogP contribution in [0.25, 0.3) is 0 Å². The number of thiocarbonyl (C=S) groups is 1. The maximum atomic E-state index is 11.8. The molecule has 17 heavy (non-hydrogen) atoms. The van der Waals surface area contributed by atoms with Gasteiger partial charge in [0.25, 0.3) is 6.43 Å². The second kappa shape index (κ2) is 7.08. The molecule has 0 saturated heterocycles. The number of aromatic nitrogens is 1. The standard InChI is InChI=1S/C10H13F2N3OS/c11-8(12)6-16-5-4-15-10-7(9(13)17)2-1-3-14-10/h1-3,8H,4-6H2,(H2,13,17)(H,14,15). The maximum absolute atomic E-state index is 11.8. The largest absolute Gasteiger partial charge is 0.389 e. The van der Waals surface area contributed by atoms with E-state index >= 15 is 0 Å². The molecule has 0 aliphatic carbocycles. The van der Waals surface area contributed by atoms with Crippen molar-refractivity contribution in [2.45, 2.75) is 6.43 Å². The molecule has 1 rings (SSSR count). The van der Waals surface area contributed by atoms with E-state index in [-0.39, 0.29) is 11.6 Å². The number of pyridine rings is 1. The van der Waals surface area contributed by atoms with Gasteiger partial charge in [-0.1, -0.05) is 12.2 Å². The molecular formula is C10H13F2N3OS. The maximum Gasteiger partial charge on any atom is 0.261 e. The molecule has 3 N–H and O–H groups in total. The second-order valence-corrected chi connectivity index (χ2v) is 3.60. The Morgan fingerprint density at radius 2 is 2.35 bits per heavy atom. The highest BCUT2D eigenvalue weighted by atomic mass is 32.1. The van der Waals surface area contributed by atoms with Gasteiger partial charge in [0.1, 0.15) is 17.4 Å². The minimum Gasteiger partial charge on any atom is -0.389 e. The van der Waals surface area contributed by atoms with Crippen molar-refractivity contribution in [2.24, 2.45) is 5.73 Å². The van der Waals surface area contributed by atoms with Gasteiger partial charge in [-0.25, -0.2) is 13.8 Å². The fourth-order valence-corrected chi connectivity index (χ4v) is 1.32. The Bertz CT molecular complexity index is 376. The quantitative estimate of drug-likeness (QED) is 0.574. The number of nitrogens with zero attached hydrogens (tertiary/aromatic N) is 1. The monoisotopic (exact) mass is 261 g/mol. The van der Waals surface area contributed by atoms with Crippen LogP contribution in [0.2, 0.25) is 0 Å². The van der Waals surface area contributed by atoms with Crippen LogP contribution >= 0.6 is 12.2 Å². The molecule has 0 aliphatic rings. The van der Waals surface area contributed by atoms with E-state index in [1.54, 1.807) is 18.3 Å². The van der Waals surface area contributed by atoms with E-state index in [2.05, 4.69) is 10.3 Å². The van der Waals surface area contributed by atoms with Crippen LogP contribution < -0.4 is 11.1 Å². The fraction of sp³-hybridized carbons (Fsp3) is 0.400. The van der Waals surface area contributed by atoms with E-state index in [1.165, 1.54) is 0 Å². The molecule has 94 valence electrons. The van der Waals surface area contributed by atoms with Crippen molar-refractivity contribution in [1.82, 2.24) is 4.98 Å². The van der Waals surface area contributed by atoms with Gasteiger partial charge >= 0.3 is 0 Å². The molecule has 0 bridgehead atoms. The van der Waals surface area contributed by atoms with E-state index in [9.17, 15) is 8.78 Å². The van der Waals surface area contributed by atoms with Crippen molar-refractivity contribution in [3.8, 4) is 0 Å². The highest BCUT2D eigenvalue weighted by Crippen LogP contribution is 2.10. The van der Waals surface area contributed by atoms with Crippen LogP contribution in [0.3, 0.4) is 0 Å². The summed E-state index contributed by atoms with van der Waals surface area (Å²) in [6.45, 7) is -0.0386. The van der Waals surface area contributed by atoms with Crippen molar-refractivity contribution in [3.05, 3.63) is 23.9 Å². The molecule has 0 fully saturated rings. The number of rotatable bonds is 7. The number of nitrogens with one attached hydrogen (secondary N) is 1. The summed E-state index contributed by atoms with van der Waals surface area (Å²) in [7, 11) is 0. The third-order valence-corrected chi connectivity index (χ3v) is 2.08. The van der Waals surface area contributed by atoms with Crippen molar-refractivity contribution < 1.29 is 13.5 Å². The van der Waals surface area contributed by atoms with Gasteiger partial charge in [0.05, 0.1) is 12.2 Å². The number of halogens is 2. The van der Waals surface area contributed by atoms with Crippen LogP contribution in [0.5, 0.6) is 0 Å². The molecule has 0 spiro atoms. The topological polar surface area (TPSA) is 60.2 Å². The summed E-state index contributed by atoms with van der Waals surface area (Å²) in [5.74, 6) is 0.528. The Morgan fingerprint density at radius 3 is 3.00 bits per heavy atom. The Morgan fingerprint density at radius 1 is 1.59 bits per heavy atom. The number of nitrogens with two attached hydrogens (primary N) is 1. The summed E-state index contributed by atoms with van der Waals surface area (Å²) in [5, 5.41) is 2.92. The Labute approximate surface area is 103 Å². The average Bonchev–Trinajstić information content (AvgIpc) is 2.28. The van der Waals surface area contributed by atoms with Crippen LogP contribution in [0.4, 0.5) is 14.6 Å². The first-order valence-electron chi connectivity index (χ1n) is 4.96. The minimum atomic E-state index is -2.45. The second-order valence-electron chi connectivity index (χ2n) is 3.16. The molecule has 0 amide bonds. The van der Waals surface area contributed by atoms with Crippen LogP contribution in [-0.2, 0) is 4.74 Å². The predicted octanol–water partition coefficient (Wildman–Crippen LogP) is 1.41. The first-order chi connectivity index (χ1) is 8.11. The Hall–Kier alpha value is -1.34. The van der Waals surface area contributed by atoms with Gasteiger partial charge in [0.2, 0.25) is 0 Å². The van der Waals surface area contributed by atoms with E-state index in [0.29, 0.717) is 17.9 Å². The zero-order chi connectivity index (χ0) is 12.7. The highest BCUT2D eigenvalue weighted by Gasteiger charge is 2.05. The predicted molar refractivity (Wildman–Crippen MR) is 65.4 cm³/mol. The summed E-state index contributed by atoms with van der Waals surface area (Å²) in [6, 6.07) is 3.45. The van der Waals surface area contributed by atoms with Gasteiger partial charge in [-0.15, -0.1) is 0 Å². The average molecular weight is 261 g/mol. The molecule has 4 nitrogen and oxygen atoms in total. The molecule has 0 unspecified atom stereocenters. The summed E-state index contributed by atoms with van der Waals surface area (Å²) >= 11 is 4.85. The summed E-state index contributed by atoms with van der Waals surface area (Å²) in [5.41, 5.74) is 6.13. The van der Waals surface area contributed by atoms with Gasteiger partial charge in [-0.3, -0.25) is 0 Å². The lowest BCUT2D eigenvalue weighted by molar-refractivity contribution is 0.0215. The zero-order valence-electron chi connectivity index (χ0n) is 9.03. The third kappa shape index (κ3) is 5.01. The SMILES string of the molecule is NC(=S)c1cccnc1NCCOCC(F)F. The molecule has 0 aromatic carbocycles. The van der Waals surface area contributed by atoms with Gasteiger partial charge < -0.3 is 15.8 Å². The smallest absolute Gasteiger partial charge is 0.261 e. The molecule has 1 aromatic heterocycles. The normalized spacial score (nSPS) is 10.5. The van der Waals surface area contributed by atoms with Crippen molar-refractivity contribution in [2.75, 3.05) is 25.1 Å². The number of hydrogen-bond donors (Lipinski definition) is 2. The lowest BCUT2D eigenvalue weighted by Crippen LogP contribution is -2.17. The summed E-state index contributed by atoms with van der Waals surface area (Å²) in [6.07, 6.45) is -0.860. The highest BCUT2D eigenvalue weighted by molar-refractivity contribution is 7.80. The molecule has 0 radical (unpaired) electrons. The molecule has 7 heteroatoms. The van der Waals surface area contributed by atoms with Crippen LogP contribution in [-0.4, -0.2) is 36.2 Å². The number of alkyl halides is 2. The molecule has 0 aliphatic heterocycles. The number of ether oxygens (including phenoxy) is 1. The minimum absolute atomic E-state index is 0.164. The number of hydrogen-bond acceptors (Lipinski definition) is 4. The zero-order valence-corrected chi connectivity index (χ0v) is 9.84. The fourth-order valence-electron chi connectivity index (χ4n) is 1.16. The van der Waals surface area contributed by atoms with Gasteiger partial charge in [-0.05, 0) is 12.1 Å². The first-order valence-corrected chi connectivity index (χ1v) is 5.36. The molecule has 1 aromatic rings. The van der Waals surface area contributed by atoms with Gasteiger partial charge in [0.15, 0.2) is 0 Å². The van der Waals surface area contributed by atoms with Gasteiger partial charge in [0, 0.05) is 12.7 Å². The van der Waals surface area contributed by atoms with Crippen LogP contribution in [0, 0.1) is 0 Å². The van der Waals surface area contributed by atoms with E-state index in [4.69, 9.17) is 22.7 Å². The van der Waals surface area contributed by atoms with E-state index in [0.717, 1.165) is 0 Å². The van der Waals surface area contributed by atoms with E-state index in [1.807, 2.05) is 0 Å². The first kappa shape index (κ1) is 13.7. The van der Waals surface area contributed by atoms with Gasteiger partial charge in [-0.2, -0.15) is 0 Å². The van der Waals surface area contributed by atoms with Crippen LogP contribution in [0.1, 0.15) is 5.56 Å². The lowest BCUT2D eigenvalue weighted by Gasteiger charge is -2.09. The van der Waals surface area contributed by atoms with E-state index < -0.39 is 13.0 Å². The summed E-state index contributed by atoms with van der Waals surface area (Å²) in [4.78, 5) is 4.28. The molecule has 0 atom stereocenters. The Kier molecular flexibility index (Phi) is 5.71. The molecular weight excluding hydrogens is 248 g/mol. The lowest BCUT2D eigenvalue weighted by atomic mass is 10.2. The summed E-state index contributed by atoms with van der Waals surface area (Å²) < 4.78 is 28.2. The molecule has 1 heterocycles. The van der Waals surface area contributed by atoms with Crippen molar-refractivity contribution in [1.29, 1.82) is 0 Å². The Balaban J connectivity index is 2.39. The van der Waals surface area contributed by atoms with Crippen molar-refractivity contribution in [3.63, 3.8) is 0 Å². The third-order valence-electron chi connectivity index (χ3n) is 1.86. The molecule has 0 saturated carbocycles. The van der Waals surface area contributed by atoms with Crippen LogP contribution in [0.15, 0.2) is 18.3 Å².